The Morgan fingerprint density at radius 2 is 1.75 bits per heavy atom. The van der Waals surface area contributed by atoms with Crippen molar-refractivity contribution < 1.29 is 18.4 Å². The van der Waals surface area contributed by atoms with Crippen LogP contribution in [0.25, 0.3) is 0 Å². The van der Waals surface area contributed by atoms with Gasteiger partial charge in [0, 0.05) is 25.8 Å². The molecule has 0 aromatic carbocycles. The van der Waals surface area contributed by atoms with E-state index in [2.05, 4.69) is 17.0 Å². The number of rotatable bonds is 8. The summed E-state index contributed by atoms with van der Waals surface area (Å²) < 4.78 is 16.0. The Morgan fingerprint density at radius 1 is 1.19 bits per heavy atom. The number of carbonyl (C=O) groups is 1. The summed E-state index contributed by atoms with van der Waals surface area (Å²) in [6.45, 7) is 7.83. The second-order valence-electron chi connectivity index (χ2n) is 3.30. The Hall–Kier alpha value is -0.593. The third-order valence-electron chi connectivity index (χ3n) is 2.31. The highest BCUT2D eigenvalue weighted by atomic mass is 28.4. The zero-order valence-electron chi connectivity index (χ0n) is 10.7. The van der Waals surface area contributed by atoms with Gasteiger partial charge in [0.25, 0.3) is 0 Å². The third-order valence-corrected chi connectivity index (χ3v) is 6.03. The van der Waals surface area contributed by atoms with Crippen LogP contribution in [0, 0.1) is 0 Å². The van der Waals surface area contributed by atoms with Gasteiger partial charge in [0.2, 0.25) is 0 Å². The Bertz CT molecular complexity index is 195. The van der Waals surface area contributed by atoms with Crippen molar-refractivity contribution in [3.63, 3.8) is 0 Å². The first kappa shape index (κ1) is 15.4. The summed E-state index contributed by atoms with van der Waals surface area (Å²) in [4.78, 5) is 10.9. The van der Waals surface area contributed by atoms with Gasteiger partial charge < -0.3 is 18.9 Å². The van der Waals surface area contributed by atoms with Gasteiger partial charge in [-0.2, -0.15) is 0 Å². The molecule has 6 heteroatoms. The van der Waals surface area contributed by atoms with Crippen LogP contribution in [0.3, 0.4) is 0 Å². The van der Waals surface area contributed by atoms with Crippen molar-refractivity contribution in [1.82, 2.24) is 5.32 Å². The van der Waals surface area contributed by atoms with Crippen LogP contribution in [0.5, 0.6) is 0 Å². The lowest BCUT2D eigenvalue weighted by molar-refractivity contribution is 0.168. The van der Waals surface area contributed by atoms with E-state index >= 15 is 0 Å². The van der Waals surface area contributed by atoms with Crippen LogP contribution in [0.1, 0.15) is 20.8 Å². The predicted molar refractivity (Wildman–Crippen MR) is 64.7 cm³/mol. The van der Waals surface area contributed by atoms with Crippen LogP contribution in [0.15, 0.2) is 0 Å². The number of nitrogens with one attached hydrogen (secondary N) is 1. The molecule has 0 saturated carbocycles. The summed E-state index contributed by atoms with van der Waals surface area (Å²) in [5.41, 5.74) is 0. The zero-order chi connectivity index (χ0) is 12.4. The van der Waals surface area contributed by atoms with Gasteiger partial charge in [-0.3, -0.25) is 0 Å². The molecule has 0 aromatic rings. The van der Waals surface area contributed by atoms with Gasteiger partial charge in [-0.25, -0.2) is 4.79 Å². The van der Waals surface area contributed by atoms with Gasteiger partial charge in [0.05, 0.1) is 7.11 Å². The molecule has 0 heterocycles. The molecule has 0 saturated heterocycles. The number of hydrogen-bond acceptors (Lipinski definition) is 4. The van der Waals surface area contributed by atoms with E-state index in [1.165, 1.54) is 7.11 Å². The zero-order valence-corrected chi connectivity index (χ0v) is 11.7. The molecular formula is C10H23NO4Si. The molecule has 1 amide bonds. The van der Waals surface area contributed by atoms with E-state index in [0.717, 1.165) is 12.1 Å². The van der Waals surface area contributed by atoms with Crippen molar-refractivity contribution in [2.24, 2.45) is 0 Å². The summed E-state index contributed by atoms with van der Waals surface area (Å²) in [7, 11) is -0.767. The van der Waals surface area contributed by atoms with E-state index in [9.17, 15) is 4.79 Å². The van der Waals surface area contributed by atoms with Crippen LogP contribution >= 0.6 is 0 Å². The van der Waals surface area contributed by atoms with Crippen molar-refractivity contribution in [2.75, 3.05) is 26.9 Å². The first-order chi connectivity index (χ1) is 7.64. The summed E-state index contributed by atoms with van der Waals surface area (Å²) in [6, 6.07) is 1.64. The minimum atomic E-state index is -2.12. The summed E-state index contributed by atoms with van der Waals surface area (Å²) in [6.07, 6.45) is -0.410. The topological polar surface area (TPSA) is 56.8 Å². The summed E-state index contributed by atoms with van der Waals surface area (Å²) in [5.74, 6) is 0. The Morgan fingerprint density at radius 3 is 2.12 bits per heavy atom. The lowest BCUT2D eigenvalue weighted by Crippen LogP contribution is -2.44. The van der Waals surface area contributed by atoms with Crippen LogP contribution < -0.4 is 5.32 Å². The molecule has 0 aromatic heterocycles. The molecule has 0 aliphatic carbocycles. The molecule has 0 aliphatic rings. The maximum atomic E-state index is 10.9. The Labute approximate surface area is 98.7 Å². The van der Waals surface area contributed by atoms with Gasteiger partial charge in [0.15, 0.2) is 0 Å². The molecule has 0 radical (unpaired) electrons. The lowest BCUT2D eigenvalue weighted by Gasteiger charge is -2.28. The minimum Gasteiger partial charge on any atom is -0.453 e. The van der Waals surface area contributed by atoms with Crippen LogP contribution in [-0.2, 0) is 13.6 Å². The average Bonchev–Trinajstić information content (AvgIpc) is 2.29. The number of methoxy groups -OCH3 is 1. The molecular weight excluding hydrogens is 226 g/mol. The molecule has 5 nitrogen and oxygen atoms in total. The van der Waals surface area contributed by atoms with Crippen LogP contribution in [0.4, 0.5) is 4.79 Å². The van der Waals surface area contributed by atoms with Gasteiger partial charge >= 0.3 is 14.7 Å². The van der Waals surface area contributed by atoms with Gasteiger partial charge in [0.1, 0.15) is 0 Å². The van der Waals surface area contributed by atoms with Crippen LogP contribution in [0.2, 0.25) is 12.1 Å². The van der Waals surface area contributed by atoms with E-state index in [1.807, 2.05) is 13.8 Å². The van der Waals surface area contributed by atoms with Crippen molar-refractivity contribution in [3.05, 3.63) is 0 Å². The van der Waals surface area contributed by atoms with E-state index in [0.29, 0.717) is 19.8 Å². The molecule has 0 unspecified atom stereocenters. The highest BCUT2D eigenvalue weighted by Gasteiger charge is 2.34. The van der Waals surface area contributed by atoms with Crippen molar-refractivity contribution in [1.29, 1.82) is 0 Å². The summed E-state index contributed by atoms with van der Waals surface area (Å²) in [5, 5.41) is 2.65. The number of carbonyl (C=O) groups excluding carboxylic acids is 1. The molecule has 0 fully saturated rings. The Kier molecular flexibility index (Phi) is 8.23. The second kappa shape index (κ2) is 8.55. The molecule has 0 rings (SSSR count). The molecule has 0 bridgehead atoms. The molecule has 0 aliphatic heterocycles. The maximum absolute atomic E-state index is 10.9. The average molecular weight is 249 g/mol. The highest BCUT2D eigenvalue weighted by molar-refractivity contribution is 6.67. The lowest BCUT2D eigenvalue weighted by atomic mass is 10.7. The normalized spacial score (nSPS) is 11.2. The van der Waals surface area contributed by atoms with E-state index < -0.39 is 14.7 Å². The van der Waals surface area contributed by atoms with Crippen molar-refractivity contribution >= 4 is 14.7 Å². The third kappa shape index (κ3) is 5.48. The largest absolute Gasteiger partial charge is 0.453 e. The smallest absolute Gasteiger partial charge is 0.406 e. The van der Waals surface area contributed by atoms with E-state index in [4.69, 9.17) is 8.85 Å². The van der Waals surface area contributed by atoms with E-state index in [-0.39, 0.29) is 0 Å². The standard InChI is InChI=1S/C10H23NO4Si/c1-5-14-16(7-3,15-6-2)9-8-11-10(12)13-4/h5-9H2,1-4H3,(H,11,12). The van der Waals surface area contributed by atoms with Crippen LogP contribution in [-0.4, -0.2) is 41.5 Å². The fourth-order valence-corrected chi connectivity index (χ4v) is 4.21. The molecule has 96 valence electrons. The molecule has 16 heavy (non-hydrogen) atoms. The fraction of sp³-hybridized carbons (Fsp3) is 0.900. The first-order valence-corrected chi connectivity index (χ1v) is 7.96. The second-order valence-corrected chi connectivity index (χ2v) is 6.90. The first-order valence-electron chi connectivity index (χ1n) is 5.73. The monoisotopic (exact) mass is 249 g/mol. The SMILES string of the molecule is CCO[Si](CC)(CCNC(=O)OC)OCC. The van der Waals surface area contributed by atoms with Crippen molar-refractivity contribution in [3.8, 4) is 0 Å². The number of amides is 1. The summed E-state index contributed by atoms with van der Waals surface area (Å²) >= 11 is 0. The molecule has 0 spiro atoms. The fourth-order valence-electron chi connectivity index (χ4n) is 1.52. The minimum absolute atomic E-state index is 0.410. The number of hydrogen-bond donors (Lipinski definition) is 1. The number of alkyl carbamates (subject to hydrolysis) is 1. The van der Waals surface area contributed by atoms with Gasteiger partial charge in [-0.15, -0.1) is 0 Å². The quantitative estimate of drug-likeness (QED) is 0.667. The van der Waals surface area contributed by atoms with E-state index in [1.54, 1.807) is 0 Å². The molecule has 1 N–H and O–H groups in total. The van der Waals surface area contributed by atoms with Gasteiger partial charge in [-0.1, -0.05) is 6.92 Å². The van der Waals surface area contributed by atoms with Crippen molar-refractivity contribution in [2.45, 2.75) is 32.9 Å². The van der Waals surface area contributed by atoms with Gasteiger partial charge in [-0.05, 0) is 19.9 Å². The predicted octanol–water partition coefficient (Wildman–Crippen LogP) is 1.88. The Balaban J connectivity index is 4.13. The molecule has 0 atom stereocenters. The highest BCUT2D eigenvalue weighted by Crippen LogP contribution is 2.18. The number of ether oxygens (including phenoxy) is 1. The maximum Gasteiger partial charge on any atom is 0.406 e.